The molecular weight excluding hydrogens is 345 g/mol. The van der Waals surface area contributed by atoms with Crippen molar-refractivity contribution in [3.63, 3.8) is 0 Å². The molecule has 2 heterocycles. The monoisotopic (exact) mass is 364 g/mol. The number of ether oxygens (including phenoxy) is 1. The van der Waals surface area contributed by atoms with E-state index in [1.165, 1.54) is 4.90 Å². The fraction of sp³-hybridized carbons (Fsp3) is 0.714. The first-order valence-corrected chi connectivity index (χ1v) is 7.64. The number of rotatable bonds is 2. The van der Waals surface area contributed by atoms with Gasteiger partial charge in [0.05, 0.1) is 6.04 Å². The molecule has 0 bridgehead atoms. The number of aromatic nitrogens is 3. The van der Waals surface area contributed by atoms with Crippen molar-refractivity contribution in [2.24, 2.45) is 0 Å². The first-order valence-electron chi connectivity index (χ1n) is 7.64. The molecule has 2 rings (SSSR count). The average Bonchev–Trinajstić information content (AvgIpc) is 2.90. The third-order valence-corrected chi connectivity index (χ3v) is 3.56. The number of alkyl halides is 3. The van der Waals surface area contributed by atoms with E-state index in [9.17, 15) is 22.8 Å². The highest BCUT2D eigenvalue weighted by Crippen LogP contribution is 2.34. The Labute approximate surface area is 141 Å². The van der Waals surface area contributed by atoms with Gasteiger partial charge >= 0.3 is 18.2 Å². The van der Waals surface area contributed by atoms with E-state index in [0.29, 0.717) is 24.1 Å². The summed E-state index contributed by atoms with van der Waals surface area (Å²) in [7, 11) is 0. The summed E-state index contributed by atoms with van der Waals surface area (Å²) in [5.41, 5.74) is -3.30. The SMILES string of the molecule is CC(C)(C)OC(=O)N1CCC[C@H](n2nnc(C(=O)O)c2C(F)(F)F)C1. The number of halogens is 3. The lowest BCUT2D eigenvalue weighted by Gasteiger charge is -2.34. The van der Waals surface area contributed by atoms with Crippen molar-refractivity contribution in [2.45, 2.75) is 51.4 Å². The summed E-state index contributed by atoms with van der Waals surface area (Å²) in [5, 5.41) is 15.4. The fourth-order valence-corrected chi connectivity index (χ4v) is 2.60. The molecule has 1 atom stereocenters. The maximum Gasteiger partial charge on any atom is 0.435 e. The zero-order valence-corrected chi connectivity index (χ0v) is 14.0. The lowest BCUT2D eigenvalue weighted by molar-refractivity contribution is -0.145. The Hall–Kier alpha value is -2.33. The number of nitrogens with zero attached hydrogens (tertiary/aromatic N) is 4. The molecule has 0 aromatic carbocycles. The van der Waals surface area contributed by atoms with E-state index in [2.05, 4.69) is 10.3 Å². The average molecular weight is 364 g/mol. The van der Waals surface area contributed by atoms with Gasteiger partial charge in [-0.05, 0) is 33.6 Å². The number of likely N-dealkylation sites (tertiary alicyclic amines) is 1. The van der Waals surface area contributed by atoms with Gasteiger partial charge in [-0.3, -0.25) is 0 Å². The van der Waals surface area contributed by atoms with Gasteiger partial charge in [-0.1, -0.05) is 5.21 Å². The molecule has 1 aromatic rings. The second kappa shape index (κ2) is 6.52. The maximum atomic E-state index is 13.3. The van der Waals surface area contributed by atoms with Crippen molar-refractivity contribution in [3.05, 3.63) is 11.4 Å². The molecular formula is C14H19F3N4O4. The molecule has 25 heavy (non-hydrogen) atoms. The molecule has 0 radical (unpaired) electrons. The molecule has 1 aliphatic rings. The van der Waals surface area contributed by atoms with E-state index >= 15 is 0 Å². The second-order valence-corrected chi connectivity index (χ2v) is 6.76. The number of hydrogen-bond acceptors (Lipinski definition) is 5. The Morgan fingerprint density at radius 3 is 2.44 bits per heavy atom. The minimum absolute atomic E-state index is 0.0690. The Bertz CT molecular complexity index is 666. The van der Waals surface area contributed by atoms with E-state index in [0.717, 1.165) is 0 Å². The molecule has 140 valence electrons. The van der Waals surface area contributed by atoms with Crippen LogP contribution < -0.4 is 0 Å². The first kappa shape index (κ1) is 19.0. The lowest BCUT2D eigenvalue weighted by Crippen LogP contribution is -2.44. The van der Waals surface area contributed by atoms with Crippen molar-refractivity contribution in [1.29, 1.82) is 0 Å². The molecule has 0 unspecified atom stereocenters. The van der Waals surface area contributed by atoms with E-state index in [1.54, 1.807) is 20.8 Å². The van der Waals surface area contributed by atoms with Crippen molar-refractivity contribution in [2.75, 3.05) is 13.1 Å². The summed E-state index contributed by atoms with van der Waals surface area (Å²) < 4.78 is 45.6. The van der Waals surface area contributed by atoms with Crippen LogP contribution in [-0.2, 0) is 10.9 Å². The number of hydrogen-bond donors (Lipinski definition) is 1. The minimum Gasteiger partial charge on any atom is -0.476 e. The lowest BCUT2D eigenvalue weighted by atomic mass is 10.1. The summed E-state index contributed by atoms with van der Waals surface area (Å²) >= 11 is 0. The van der Waals surface area contributed by atoms with Crippen LogP contribution in [0.3, 0.4) is 0 Å². The van der Waals surface area contributed by atoms with Gasteiger partial charge in [-0.2, -0.15) is 13.2 Å². The number of carboxylic acids is 1. The summed E-state index contributed by atoms with van der Waals surface area (Å²) in [6.45, 7) is 5.33. The molecule has 11 heteroatoms. The van der Waals surface area contributed by atoms with Crippen LogP contribution >= 0.6 is 0 Å². The van der Waals surface area contributed by atoms with Crippen LogP contribution in [0.25, 0.3) is 0 Å². The smallest absolute Gasteiger partial charge is 0.435 e. The van der Waals surface area contributed by atoms with Crippen LogP contribution in [0, 0.1) is 0 Å². The van der Waals surface area contributed by atoms with E-state index in [4.69, 9.17) is 9.84 Å². The second-order valence-electron chi connectivity index (χ2n) is 6.76. The highest BCUT2D eigenvalue weighted by Gasteiger charge is 2.44. The quantitative estimate of drug-likeness (QED) is 0.866. The van der Waals surface area contributed by atoms with E-state index in [1.807, 2.05) is 0 Å². The summed E-state index contributed by atoms with van der Waals surface area (Å²) in [4.78, 5) is 24.4. The zero-order chi connectivity index (χ0) is 19.0. The number of amides is 1. The summed E-state index contributed by atoms with van der Waals surface area (Å²) in [5.74, 6) is -1.81. The van der Waals surface area contributed by atoms with Crippen LogP contribution in [-0.4, -0.2) is 55.8 Å². The van der Waals surface area contributed by atoms with Gasteiger partial charge in [0, 0.05) is 13.1 Å². The number of carbonyl (C=O) groups excluding carboxylic acids is 1. The topological polar surface area (TPSA) is 97.5 Å². The minimum atomic E-state index is -4.93. The summed E-state index contributed by atoms with van der Waals surface area (Å²) in [6, 6.07) is -0.835. The predicted molar refractivity (Wildman–Crippen MR) is 78.1 cm³/mol. The molecule has 0 saturated carbocycles. The molecule has 1 amide bonds. The maximum absolute atomic E-state index is 13.3. The first-order chi connectivity index (χ1) is 11.4. The van der Waals surface area contributed by atoms with Gasteiger partial charge in [-0.15, -0.1) is 5.10 Å². The Morgan fingerprint density at radius 1 is 1.28 bits per heavy atom. The van der Waals surface area contributed by atoms with Gasteiger partial charge in [0.2, 0.25) is 5.69 Å². The third kappa shape index (κ3) is 4.40. The van der Waals surface area contributed by atoms with Gasteiger partial charge in [0.25, 0.3) is 0 Å². The standard InChI is InChI=1S/C14H19F3N4O4/c1-13(2,3)25-12(24)20-6-4-5-8(7-20)21-10(14(15,16)17)9(11(22)23)18-19-21/h8H,4-7H2,1-3H3,(H,22,23)/t8-/m0/s1. The van der Waals surface area contributed by atoms with Gasteiger partial charge in [0.1, 0.15) is 5.60 Å². The molecule has 1 aliphatic heterocycles. The third-order valence-electron chi connectivity index (χ3n) is 3.56. The van der Waals surface area contributed by atoms with E-state index in [-0.39, 0.29) is 6.54 Å². The van der Waals surface area contributed by atoms with Crippen molar-refractivity contribution in [3.8, 4) is 0 Å². The molecule has 1 N–H and O–H groups in total. The van der Waals surface area contributed by atoms with Gasteiger partial charge in [0.15, 0.2) is 5.69 Å². The highest BCUT2D eigenvalue weighted by molar-refractivity contribution is 5.86. The number of aromatic carboxylic acids is 1. The largest absolute Gasteiger partial charge is 0.476 e. The normalized spacial score (nSPS) is 19.0. The molecule has 8 nitrogen and oxygen atoms in total. The fourth-order valence-electron chi connectivity index (χ4n) is 2.60. The van der Waals surface area contributed by atoms with Crippen molar-refractivity contribution < 1.29 is 32.6 Å². The molecule has 1 saturated heterocycles. The van der Waals surface area contributed by atoms with Crippen molar-refractivity contribution in [1.82, 2.24) is 19.9 Å². The number of piperidine rings is 1. The van der Waals surface area contributed by atoms with Crippen molar-refractivity contribution >= 4 is 12.1 Å². The summed E-state index contributed by atoms with van der Waals surface area (Å²) in [6.07, 6.45) is -4.82. The van der Waals surface area contributed by atoms with Crippen LogP contribution in [0.15, 0.2) is 0 Å². The molecule has 0 aliphatic carbocycles. The molecule has 1 fully saturated rings. The molecule has 1 aromatic heterocycles. The Kier molecular flexibility index (Phi) is 4.96. The van der Waals surface area contributed by atoms with Gasteiger partial charge < -0.3 is 14.7 Å². The number of carbonyl (C=O) groups is 2. The number of carboxylic acid groups (broad SMARTS) is 1. The molecule has 0 spiro atoms. The Morgan fingerprint density at radius 2 is 1.92 bits per heavy atom. The van der Waals surface area contributed by atoms with Crippen LogP contribution in [0.5, 0.6) is 0 Å². The van der Waals surface area contributed by atoms with Crippen LogP contribution in [0.2, 0.25) is 0 Å². The zero-order valence-electron chi connectivity index (χ0n) is 14.0. The van der Waals surface area contributed by atoms with E-state index < -0.39 is 41.3 Å². The van der Waals surface area contributed by atoms with Crippen LogP contribution in [0.1, 0.15) is 55.8 Å². The highest BCUT2D eigenvalue weighted by atomic mass is 19.4. The predicted octanol–water partition coefficient (Wildman–Crippen LogP) is 2.57. The van der Waals surface area contributed by atoms with Crippen LogP contribution in [0.4, 0.5) is 18.0 Å². The Balaban J connectivity index is 2.27. The van der Waals surface area contributed by atoms with Gasteiger partial charge in [-0.25, -0.2) is 14.3 Å².